The maximum atomic E-state index is 12.7. The molecule has 1 aliphatic rings. The van der Waals surface area contributed by atoms with E-state index >= 15 is 0 Å². The lowest BCUT2D eigenvalue weighted by molar-refractivity contribution is 0.246. The van der Waals surface area contributed by atoms with Crippen molar-refractivity contribution in [2.45, 2.75) is 23.7 Å². The van der Waals surface area contributed by atoms with E-state index in [0.29, 0.717) is 17.1 Å². The number of hydrogen-bond acceptors (Lipinski definition) is 5. The van der Waals surface area contributed by atoms with Crippen molar-refractivity contribution in [1.29, 1.82) is 0 Å². The van der Waals surface area contributed by atoms with Crippen molar-refractivity contribution in [3.63, 3.8) is 0 Å². The average Bonchev–Trinajstić information content (AvgIpc) is 3.11. The molecule has 1 aromatic heterocycles. The predicted molar refractivity (Wildman–Crippen MR) is 120 cm³/mol. The second-order valence-electron chi connectivity index (χ2n) is 6.63. The third-order valence-electron chi connectivity index (χ3n) is 4.63. The van der Waals surface area contributed by atoms with Gasteiger partial charge in [-0.05, 0) is 69.4 Å². The van der Waals surface area contributed by atoms with Gasteiger partial charge in [0.05, 0.1) is 20.0 Å². The van der Waals surface area contributed by atoms with Gasteiger partial charge in [-0.3, -0.25) is 0 Å². The van der Waals surface area contributed by atoms with E-state index in [9.17, 15) is 13.0 Å². The molecule has 1 aliphatic heterocycles. The van der Waals surface area contributed by atoms with Crippen LogP contribution in [-0.4, -0.2) is 18.7 Å². The van der Waals surface area contributed by atoms with Crippen LogP contribution >= 0.6 is 27.3 Å². The van der Waals surface area contributed by atoms with E-state index in [1.54, 1.807) is 17.4 Å². The first-order chi connectivity index (χ1) is 13.8. The summed E-state index contributed by atoms with van der Waals surface area (Å²) in [6.07, 6.45) is -0.389. The molecular formula is C20H18BrNO4S3. The fourth-order valence-electron chi connectivity index (χ4n) is 3.47. The lowest BCUT2D eigenvalue weighted by atomic mass is 9.91. The average molecular weight is 512 g/mol. The van der Waals surface area contributed by atoms with Gasteiger partial charge in [-0.15, -0.1) is 11.3 Å². The standard InChI is InChI=1S/C20H18BrNO4S3/c1-2-28(23)17-5-3-4-15-19(17)13-7-6-12(11-29(22,24)25)10-14(13)20(26-15)16-8-9-18(21)27-16/h3-10,20H,2,11H2,1H3,(H2,22,24,25). The first-order valence-electron chi connectivity index (χ1n) is 8.83. The van der Waals surface area contributed by atoms with Crippen LogP contribution in [0.3, 0.4) is 0 Å². The van der Waals surface area contributed by atoms with Crippen molar-refractivity contribution in [3.05, 3.63) is 68.3 Å². The molecule has 2 atom stereocenters. The smallest absolute Gasteiger partial charge is 0.213 e. The van der Waals surface area contributed by atoms with Crippen LogP contribution in [-0.2, 0) is 27.0 Å². The van der Waals surface area contributed by atoms with Crippen molar-refractivity contribution in [3.8, 4) is 16.9 Å². The first-order valence-corrected chi connectivity index (χ1v) is 13.5. The summed E-state index contributed by atoms with van der Waals surface area (Å²) in [6, 6.07) is 15.0. The number of nitrogens with two attached hydrogens (primary N) is 1. The van der Waals surface area contributed by atoms with E-state index in [1.807, 2.05) is 49.4 Å². The van der Waals surface area contributed by atoms with Crippen LogP contribution < -0.4 is 9.88 Å². The van der Waals surface area contributed by atoms with Crippen LogP contribution in [0.4, 0.5) is 0 Å². The van der Waals surface area contributed by atoms with E-state index in [-0.39, 0.29) is 11.9 Å². The largest absolute Gasteiger partial charge is 0.611 e. The Balaban J connectivity index is 1.93. The Bertz CT molecular complexity index is 1180. The van der Waals surface area contributed by atoms with Gasteiger partial charge in [0, 0.05) is 5.56 Å². The summed E-state index contributed by atoms with van der Waals surface area (Å²) in [5.74, 6) is 0.915. The zero-order chi connectivity index (χ0) is 20.8. The van der Waals surface area contributed by atoms with Gasteiger partial charge in [0.1, 0.15) is 11.5 Å². The minimum absolute atomic E-state index is 0.253. The van der Waals surface area contributed by atoms with E-state index in [2.05, 4.69) is 15.9 Å². The molecule has 0 saturated heterocycles. The highest BCUT2D eigenvalue weighted by atomic mass is 79.9. The molecule has 29 heavy (non-hydrogen) atoms. The Hall–Kier alpha value is -1.36. The molecule has 0 spiro atoms. The Morgan fingerprint density at radius 2 is 2.03 bits per heavy atom. The van der Waals surface area contributed by atoms with E-state index in [0.717, 1.165) is 30.2 Å². The normalized spacial score (nSPS) is 16.6. The molecule has 2 heterocycles. The fourth-order valence-corrected chi connectivity index (χ4v) is 6.57. The van der Waals surface area contributed by atoms with E-state index in [4.69, 9.17) is 9.88 Å². The highest BCUT2D eigenvalue weighted by molar-refractivity contribution is 9.11. The number of primary sulfonamides is 1. The molecule has 4 rings (SSSR count). The zero-order valence-corrected chi connectivity index (χ0v) is 19.5. The molecule has 2 N–H and O–H groups in total. The molecule has 0 aliphatic carbocycles. The summed E-state index contributed by atoms with van der Waals surface area (Å²) in [7, 11) is -3.66. The third kappa shape index (κ3) is 4.26. The molecule has 5 nitrogen and oxygen atoms in total. The molecule has 152 valence electrons. The summed E-state index contributed by atoms with van der Waals surface area (Å²) in [4.78, 5) is 1.70. The Labute approximate surface area is 185 Å². The molecule has 0 amide bonds. The molecule has 0 bridgehead atoms. The number of fused-ring (bicyclic) bond motifs is 3. The van der Waals surface area contributed by atoms with Gasteiger partial charge >= 0.3 is 0 Å². The van der Waals surface area contributed by atoms with Crippen molar-refractivity contribution in [1.82, 2.24) is 0 Å². The van der Waals surface area contributed by atoms with Gasteiger partial charge < -0.3 is 9.29 Å². The van der Waals surface area contributed by atoms with E-state index in [1.165, 1.54) is 0 Å². The van der Waals surface area contributed by atoms with Gasteiger partial charge in [-0.25, -0.2) is 13.6 Å². The molecule has 2 unspecified atom stereocenters. The van der Waals surface area contributed by atoms with Crippen molar-refractivity contribution in [2.24, 2.45) is 5.14 Å². The Morgan fingerprint density at radius 1 is 1.24 bits per heavy atom. The summed E-state index contributed by atoms with van der Waals surface area (Å²) in [5, 5.41) is 5.25. The van der Waals surface area contributed by atoms with Gasteiger partial charge in [0.25, 0.3) is 0 Å². The zero-order valence-electron chi connectivity index (χ0n) is 15.4. The summed E-state index contributed by atoms with van der Waals surface area (Å²) in [6.45, 7) is 1.88. The number of sulfonamides is 1. The maximum Gasteiger partial charge on any atom is 0.213 e. The number of rotatable bonds is 5. The topological polar surface area (TPSA) is 92.5 Å². The molecule has 2 aromatic carbocycles. The lowest BCUT2D eigenvalue weighted by Crippen LogP contribution is -2.18. The molecular weight excluding hydrogens is 494 g/mol. The highest BCUT2D eigenvalue weighted by Crippen LogP contribution is 2.49. The Kier molecular flexibility index (Phi) is 5.80. The first kappa shape index (κ1) is 20.9. The quantitative estimate of drug-likeness (QED) is 0.507. The van der Waals surface area contributed by atoms with Crippen LogP contribution in [0.5, 0.6) is 5.75 Å². The molecule has 3 aromatic rings. The van der Waals surface area contributed by atoms with Crippen molar-refractivity contribution in [2.75, 3.05) is 5.75 Å². The van der Waals surface area contributed by atoms with Crippen molar-refractivity contribution >= 4 is 48.5 Å². The van der Waals surface area contributed by atoms with Crippen molar-refractivity contribution < 1.29 is 17.7 Å². The predicted octanol–water partition coefficient (Wildman–Crippen LogP) is 4.58. The number of thiophene rings is 1. The summed E-state index contributed by atoms with van der Waals surface area (Å²) >= 11 is 3.89. The lowest BCUT2D eigenvalue weighted by Gasteiger charge is -2.30. The van der Waals surface area contributed by atoms with Crippen LogP contribution in [0.2, 0.25) is 0 Å². The number of benzene rings is 2. The van der Waals surface area contributed by atoms with E-state index < -0.39 is 21.2 Å². The minimum atomic E-state index is -3.66. The minimum Gasteiger partial charge on any atom is -0.611 e. The second kappa shape index (κ2) is 8.05. The fraction of sp³-hybridized carbons (Fsp3) is 0.200. The molecule has 0 saturated carbocycles. The number of ether oxygens (including phenoxy) is 1. The summed E-state index contributed by atoms with van der Waals surface area (Å²) in [5.41, 5.74) is 3.13. The Morgan fingerprint density at radius 3 is 2.69 bits per heavy atom. The molecule has 0 radical (unpaired) electrons. The van der Waals surface area contributed by atoms with Crippen LogP contribution in [0, 0.1) is 0 Å². The second-order valence-corrected chi connectivity index (χ2v) is 12.4. The van der Waals surface area contributed by atoms with Crippen LogP contribution in [0.25, 0.3) is 11.1 Å². The monoisotopic (exact) mass is 511 g/mol. The maximum absolute atomic E-state index is 12.7. The van der Waals surface area contributed by atoms with Crippen LogP contribution in [0.15, 0.2) is 57.2 Å². The van der Waals surface area contributed by atoms with Gasteiger partial charge in [0.2, 0.25) is 10.0 Å². The third-order valence-corrected chi connectivity index (χ3v) is 8.39. The van der Waals surface area contributed by atoms with Crippen LogP contribution in [0.1, 0.15) is 29.0 Å². The summed E-state index contributed by atoms with van der Waals surface area (Å²) < 4.78 is 43.2. The van der Waals surface area contributed by atoms with Gasteiger partial charge in [-0.1, -0.05) is 24.3 Å². The number of hydrogen-bond donors (Lipinski definition) is 1. The van der Waals surface area contributed by atoms with Gasteiger partial charge in [0.15, 0.2) is 11.0 Å². The highest BCUT2D eigenvalue weighted by Gasteiger charge is 2.33. The molecule has 9 heteroatoms. The molecule has 0 fully saturated rings. The van der Waals surface area contributed by atoms with Gasteiger partial charge in [-0.2, -0.15) is 0 Å². The SMILES string of the molecule is CC[S+]([O-])c1cccc2c1-c1ccc(CS(N)(=O)=O)cc1C(c1ccc(Br)s1)O2. The number of halogens is 1.